The Labute approximate surface area is 234 Å². The van der Waals surface area contributed by atoms with E-state index in [-0.39, 0.29) is 0 Å². The van der Waals surface area contributed by atoms with Gasteiger partial charge in [-0.3, -0.25) is 5.14 Å². The highest BCUT2D eigenvalue weighted by atomic mass is 32.2. The molecule has 0 aliphatic carbocycles. The highest BCUT2D eigenvalue weighted by molar-refractivity contribution is 8.01. The Morgan fingerprint density at radius 2 is 1.78 bits per heavy atom. The van der Waals surface area contributed by atoms with Crippen molar-refractivity contribution in [3.8, 4) is 16.5 Å². The Morgan fingerprint density at radius 1 is 1.16 bits per heavy atom. The van der Waals surface area contributed by atoms with Gasteiger partial charge in [0, 0.05) is 35.1 Å². The van der Waals surface area contributed by atoms with Crippen LogP contribution in [-0.2, 0) is 0 Å². The molecule has 2 aromatic rings. The Morgan fingerprint density at radius 3 is 2.19 bits per heavy atom. The smallest absolute Gasteiger partial charge is 0.108 e. The van der Waals surface area contributed by atoms with Crippen LogP contribution in [-0.4, -0.2) is 29.7 Å². The van der Waals surface area contributed by atoms with Crippen LogP contribution in [0.15, 0.2) is 47.0 Å². The molecule has 1 aromatic heterocycles. The molecular weight excluding hydrogens is 494 g/mol. The second kappa shape index (κ2) is 19.8. The summed E-state index contributed by atoms with van der Waals surface area (Å²) in [4.78, 5) is 4.99. The lowest BCUT2D eigenvalue weighted by atomic mass is 10.1. The van der Waals surface area contributed by atoms with Gasteiger partial charge in [-0.15, -0.1) is 11.3 Å². The predicted molar refractivity (Wildman–Crippen MR) is 168 cm³/mol. The Bertz CT molecular complexity index is 1120. The summed E-state index contributed by atoms with van der Waals surface area (Å²) in [5, 5.41) is 24.9. The van der Waals surface area contributed by atoms with Crippen LogP contribution in [0.4, 0.5) is 0 Å². The standard InChI is InChI=1S/C22H25N3S2.C5H12O.C4H10/c1-5-19(25(6-2)7-3)13-17-8-9-18(12-16(17)4)22-11-10-20(26-22)14-21(15-23)27-24;1-5(2)3-4-6;1-4(2)3/h5,8-14H,4,6-7,24H2,1-3H3;5-6H,3-4H2,1-2H3;4H,1-3H3/b17-13-,19-5+,21-14+;;. The van der Waals surface area contributed by atoms with Crippen molar-refractivity contribution in [2.24, 2.45) is 17.0 Å². The highest BCUT2D eigenvalue weighted by Crippen LogP contribution is 2.29. The lowest BCUT2D eigenvalue weighted by Gasteiger charge is -2.21. The van der Waals surface area contributed by atoms with Gasteiger partial charge in [0.1, 0.15) is 11.0 Å². The molecule has 4 nitrogen and oxygen atoms in total. The average molecular weight is 542 g/mol. The number of nitrogens with zero attached hydrogens (tertiary/aromatic N) is 2. The topological polar surface area (TPSA) is 73.3 Å². The van der Waals surface area contributed by atoms with Gasteiger partial charge in [-0.2, -0.15) is 5.26 Å². The van der Waals surface area contributed by atoms with Gasteiger partial charge in [-0.25, -0.2) is 0 Å². The van der Waals surface area contributed by atoms with Crippen LogP contribution in [0, 0.1) is 23.2 Å². The summed E-state index contributed by atoms with van der Waals surface area (Å²) >= 11 is 2.61. The van der Waals surface area contributed by atoms with Crippen molar-refractivity contribution < 1.29 is 5.11 Å². The minimum Gasteiger partial charge on any atom is -0.396 e. The average Bonchev–Trinajstić information content (AvgIpc) is 3.32. The minimum atomic E-state index is 0.331. The van der Waals surface area contributed by atoms with Gasteiger partial charge in [-0.1, -0.05) is 59.4 Å². The second-order valence-corrected chi connectivity index (χ2v) is 11.3. The zero-order chi connectivity index (χ0) is 28.4. The molecule has 37 heavy (non-hydrogen) atoms. The van der Waals surface area contributed by atoms with Gasteiger partial charge >= 0.3 is 0 Å². The SMILES string of the molecule is C=c1cc(-c2ccc(/C=C(\C#N)SN)s2)cc/c1=C/C(=C\C)N(CC)CC.CC(C)C.CC(C)CCO. The fraction of sp³-hybridized carbons (Fsp3) is 0.452. The monoisotopic (exact) mass is 541 g/mol. The van der Waals surface area contributed by atoms with Crippen LogP contribution in [0.3, 0.4) is 0 Å². The molecule has 0 atom stereocenters. The number of allylic oxidation sites excluding steroid dienone is 3. The first-order chi connectivity index (χ1) is 17.6. The van der Waals surface area contributed by atoms with Gasteiger partial charge < -0.3 is 10.0 Å². The van der Waals surface area contributed by atoms with Gasteiger partial charge in [-0.05, 0) is 97.3 Å². The van der Waals surface area contributed by atoms with Crippen LogP contribution in [0.25, 0.3) is 29.2 Å². The van der Waals surface area contributed by atoms with E-state index < -0.39 is 0 Å². The van der Waals surface area contributed by atoms with E-state index in [2.05, 4.69) is 109 Å². The van der Waals surface area contributed by atoms with E-state index in [1.807, 2.05) is 12.1 Å². The molecule has 2 rings (SSSR count). The third-order valence-electron chi connectivity index (χ3n) is 5.00. The van der Waals surface area contributed by atoms with Gasteiger partial charge in [0.15, 0.2) is 0 Å². The molecule has 204 valence electrons. The largest absolute Gasteiger partial charge is 0.396 e. The normalized spacial score (nSPS) is 12.0. The highest BCUT2D eigenvalue weighted by Gasteiger charge is 2.05. The third-order valence-corrected chi connectivity index (χ3v) is 6.54. The number of rotatable bonds is 9. The van der Waals surface area contributed by atoms with E-state index in [4.69, 9.17) is 15.5 Å². The molecule has 0 aliphatic rings. The molecule has 0 bridgehead atoms. The maximum absolute atomic E-state index is 9.01. The zero-order valence-electron chi connectivity index (χ0n) is 24.0. The van der Waals surface area contributed by atoms with E-state index in [0.29, 0.717) is 17.4 Å². The molecule has 0 aliphatic heterocycles. The summed E-state index contributed by atoms with van der Waals surface area (Å²) in [6, 6.07) is 12.5. The fourth-order valence-corrected chi connectivity index (χ4v) is 4.34. The summed E-state index contributed by atoms with van der Waals surface area (Å²) < 4.78 is 0. The van der Waals surface area contributed by atoms with Crippen molar-refractivity contribution in [2.75, 3.05) is 19.7 Å². The number of aliphatic hydroxyl groups excluding tert-OH is 1. The van der Waals surface area contributed by atoms with Crippen molar-refractivity contribution in [3.05, 3.63) is 62.3 Å². The third kappa shape index (κ3) is 14.3. The second-order valence-electron chi connectivity index (χ2n) is 9.52. The van der Waals surface area contributed by atoms with Gasteiger partial charge in [0.2, 0.25) is 0 Å². The Kier molecular flexibility index (Phi) is 18.5. The molecule has 3 N–H and O–H groups in total. The molecule has 1 aromatic carbocycles. The summed E-state index contributed by atoms with van der Waals surface area (Å²) in [6.07, 6.45) is 7.08. The van der Waals surface area contributed by atoms with E-state index in [1.165, 1.54) is 5.70 Å². The maximum atomic E-state index is 9.01. The van der Waals surface area contributed by atoms with E-state index in [1.54, 1.807) is 11.3 Å². The summed E-state index contributed by atoms with van der Waals surface area (Å²) in [5.41, 5.74) is 2.34. The predicted octanol–water partition coefficient (Wildman–Crippen LogP) is 7.01. The van der Waals surface area contributed by atoms with Crippen LogP contribution in [0.2, 0.25) is 0 Å². The van der Waals surface area contributed by atoms with Crippen molar-refractivity contribution in [3.63, 3.8) is 0 Å². The number of aliphatic hydroxyl groups is 1. The number of hydrogen-bond acceptors (Lipinski definition) is 6. The number of nitriles is 1. The quantitative estimate of drug-likeness (QED) is 0.264. The molecular formula is C31H47N3OS2. The van der Waals surface area contributed by atoms with Crippen LogP contribution < -0.4 is 15.6 Å². The molecule has 6 heteroatoms. The zero-order valence-corrected chi connectivity index (χ0v) is 25.7. The molecule has 0 spiro atoms. The first-order valence-electron chi connectivity index (χ1n) is 13.0. The molecule has 0 saturated carbocycles. The summed E-state index contributed by atoms with van der Waals surface area (Å²) in [5.74, 6) is 1.48. The molecule has 1 heterocycles. The van der Waals surface area contributed by atoms with Crippen molar-refractivity contribution in [1.82, 2.24) is 4.90 Å². The van der Waals surface area contributed by atoms with Crippen molar-refractivity contribution in [1.29, 1.82) is 5.26 Å². The maximum Gasteiger partial charge on any atom is 0.108 e. The van der Waals surface area contributed by atoms with Crippen LogP contribution in [0.5, 0.6) is 0 Å². The fourth-order valence-electron chi connectivity index (χ4n) is 3.07. The summed E-state index contributed by atoms with van der Waals surface area (Å²) in [6.45, 7) is 23.6. The van der Waals surface area contributed by atoms with Crippen molar-refractivity contribution >= 4 is 42.0 Å². The van der Waals surface area contributed by atoms with Gasteiger partial charge in [0.25, 0.3) is 0 Å². The molecule has 0 radical (unpaired) electrons. The lowest BCUT2D eigenvalue weighted by Crippen LogP contribution is -2.27. The summed E-state index contributed by atoms with van der Waals surface area (Å²) in [7, 11) is 0. The number of hydrogen-bond donors (Lipinski definition) is 2. The van der Waals surface area contributed by atoms with Crippen LogP contribution in [0.1, 0.15) is 66.7 Å². The number of benzene rings is 1. The Balaban J connectivity index is 0.00000110. The van der Waals surface area contributed by atoms with E-state index >= 15 is 0 Å². The molecule has 0 amide bonds. The minimum absolute atomic E-state index is 0.331. The first kappa shape index (κ1) is 34.7. The Hall–Kier alpha value is -2.30. The lowest BCUT2D eigenvalue weighted by molar-refractivity contribution is 0.268. The van der Waals surface area contributed by atoms with E-state index in [0.717, 1.165) is 63.1 Å². The molecule has 0 saturated heterocycles. The first-order valence-corrected chi connectivity index (χ1v) is 14.7. The molecule has 0 fully saturated rings. The van der Waals surface area contributed by atoms with E-state index in [9.17, 15) is 0 Å². The number of thiophene rings is 1. The molecule has 0 unspecified atom stereocenters. The number of nitrogens with two attached hydrogens (primary N) is 1. The van der Waals surface area contributed by atoms with Crippen LogP contribution >= 0.6 is 23.3 Å². The van der Waals surface area contributed by atoms with Crippen molar-refractivity contribution in [2.45, 2.75) is 61.8 Å². The van der Waals surface area contributed by atoms with Gasteiger partial charge in [0.05, 0.1) is 0 Å².